The van der Waals surface area contributed by atoms with Crippen LogP contribution in [0.5, 0.6) is 0 Å². The molecule has 119 valence electrons. The van der Waals surface area contributed by atoms with E-state index < -0.39 is 32.6 Å². The zero-order valence-corrected chi connectivity index (χ0v) is 13.0. The first-order chi connectivity index (χ1) is 9.73. The van der Waals surface area contributed by atoms with Crippen LogP contribution in [0.2, 0.25) is 0 Å². The van der Waals surface area contributed by atoms with Crippen molar-refractivity contribution in [2.75, 3.05) is 31.8 Å². The molecule has 21 heavy (non-hydrogen) atoms. The molecule has 0 spiro atoms. The molecule has 1 rings (SSSR count). The lowest BCUT2D eigenvalue weighted by Crippen LogP contribution is -2.31. The Morgan fingerprint density at radius 2 is 1.71 bits per heavy atom. The summed E-state index contributed by atoms with van der Waals surface area (Å²) in [6, 6.07) is 8.92. The Morgan fingerprint density at radius 1 is 1.10 bits per heavy atom. The smallest absolute Gasteiger partial charge is 0.264 e. The van der Waals surface area contributed by atoms with Crippen LogP contribution in [-0.4, -0.2) is 53.2 Å². The largest absolute Gasteiger partial charge is 0.397 e. The molecule has 0 saturated heterocycles. The zero-order chi connectivity index (χ0) is 15.9. The highest BCUT2D eigenvalue weighted by molar-refractivity contribution is 7.91. The number of hydrogen-bond donors (Lipinski definition) is 1. The summed E-state index contributed by atoms with van der Waals surface area (Å²) in [4.78, 5) is 5.09. The summed E-state index contributed by atoms with van der Waals surface area (Å²) in [5.74, 6) is -0.760. The number of rotatable bonds is 9. The molecule has 8 nitrogen and oxygen atoms in total. The lowest BCUT2D eigenvalue weighted by Gasteiger charge is -2.07. The Balaban J connectivity index is 2.52. The number of para-hydroxylation sites is 1. The van der Waals surface area contributed by atoms with Crippen LogP contribution >= 0.6 is 0 Å². The lowest BCUT2D eigenvalue weighted by molar-refractivity contribution is 0.0151. The third kappa shape index (κ3) is 7.50. The molecular formula is C11H17NO7S2+. The van der Waals surface area contributed by atoms with Crippen LogP contribution in [0.25, 0.3) is 0 Å². The number of hydrogen-bond acceptors (Lipinski definition) is 7. The van der Waals surface area contributed by atoms with Crippen molar-refractivity contribution in [2.24, 2.45) is 0 Å². The maximum absolute atomic E-state index is 11.7. The molecule has 1 aromatic rings. The van der Waals surface area contributed by atoms with Crippen molar-refractivity contribution in [3.8, 4) is 0 Å². The van der Waals surface area contributed by atoms with Gasteiger partial charge in [-0.15, -0.1) is 4.84 Å². The third-order valence-corrected chi connectivity index (χ3v) is 4.55. The molecule has 0 aliphatic carbocycles. The molecule has 0 atom stereocenters. The fraction of sp³-hybridized carbons (Fsp3) is 0.455. The SMILES string of the molecule is CO[N+](CCS(=O)(=O)CCOS(=O)(=O)O)c1ccccc1. The Morgan fingerprint density at radius 3 is 2.24 bits per heavy atom. The van der Waals surface area contributed by atoms with E-state index in [0.717, 1.165) is 0 Å². The van der Waals surface area contributed by atoms with Crippen LogP contribution < -0.4 is 5.06 Å². The summed E-state index contributed by atoms with van der Waals surface area (Å²) in [6.45, 7) is -0.547. The van der Waals surface area contributed by atoms with Gasteiger partial charge in [-0.05, 0) is 0 Å². The first-order valence-electron chi connectivity index (χ1n) is 5.92. The highest BCUT2D eigenvalue weighted by Gasteiger charge is 2.24. The van der Waals surface area contributed by atoms with E-state index in [0.29, 0.717) is 5.69 Å². The predicted octanol–water partition coefficient (Wildman–Crippen LogP) is 0.254. The third-order valence-electron chi connectivity index (χ3n) is 2.50. The molecule has 0 heterocycles. The number of anilines is 1. The standard InChI is InChI=1S/C11H17NO7S2/c1-18-12(11-5-3-2-4-6-11)7-9-20(13,14)10-8-19-21(15,16)17/h2-6H,7-10H2,1H3,(H,15,16,17)/q+1. The van der Waals surface area contributed by atoms with E-state index in [-0.39, 0.29) is 12.3 Å². The normalized spacial score (nSPS) is 12.7. The Bertz CT molecular complexity index is 628. The average molecular weight is 339 g/mol. The minimum Gasteiger partial charge on any atom is -0.264 e. The molecule has 0 fully saturated rings. The van der Waals surface area contributed by atoms with E-state index in [1.165, 1.54) is 12.2 Å². The molecular weight excluding hydrogens is 322 g/mol. The number of hydroxylamine groups is 1. The van der Waals surface area contributed by atoms with Crippen molar-refractivity contribution < 1.29 is 30.4 Å². The summed E-state index contributed by atoms with van der Waals surface area (Å²) in [7, 11) is -6.75. The minimum atomic E-state index is -4.63. The van der Waals surface area contributed by atoms with Gasteiger partial charge < -0.3 is 0 Å². The topological polar surface area (TPSA) is 113 Å². The molecule has 0 bridgehead atoms. The second-order valence-electron chi connectivity index (χ2n) is 4.02. The molecule has 0 aliphatic heterocycles. The van der Waals surface area contributed by atoms with E-state index in [1.54, 1.807) is 24.3 Å². The van der Waals surface area contributed by atoms with Crippen molar-refractivity contribution in [1.82, 2.24) is 5.06 Å². The van der Waals surface area contributed by atoms with Crippen LogP contribution in [0.1, 0.15) is 0 Å². The van der Waals surface area contributed by atoms with Crippen molar-refractivity contribution in [3.05, 3.63) is 30.3 Å². The maximum atomic E-state index is 11.7. The van der Waals surface area contributed by atoms with Crippen LogP contribution in [0.3, 0.4) is 0 Å². The highest BCUT2D eigenvalue weighted by atomic mass is 32.3. The number of sulfone groups is 1. The van der Waals surface area contributed by atoms with E-state index in [9.17, 15) is 16.8 Å². The van der Waals surface area contributed by atoms with Gasteiger partial charge in [0, 0.05) is 17.2 Å². The molecule has 0 amide bonds. The van der Waals surface area contributed by atoms with Gasteiger partial charge in [0.05, 0.1) is 12.4 Å². The molecule has 0 aliphatic rings. The Kier molecular flexibility index (Phi) is 6.71. The fourth-order valence-electron chi connectivity index (χ4n) is 1.51. The fourth-order valence-corrected chi connectivity index (χ4v) is 2.90. The van der Waals surface area contributed by atoms with Gasteiger partial charge in [-0.25, -0.2) is 12.6 Å². The summed E-state index contributed by atoms with van der Waals surface area (Å²) in [5, 5.41) is 1.40. The van der Waals surface area contributed by atoms with Crippen LogP contribution in [0, 0.1) is 0 Å². The lowest BCUT2D eigenvalue weighted by atomic mass is 10.3. The molecule has 0 saturated carbocycles. The van der Waals surface area contributed by atoms with Gasteiger partial charge in [0.15, 0.2) is 16.4 Å². The van der Waals surface area contributed by atoms with Gasteiger partial charge in [-0.3, -0.25) is 4.55 Å². The zero-order valence-electron chi connectivity index (χ0n) is 11.4. The minimum absolute atomic E-state index is 0.0781. The van der Waals surface area contributed by atoms with E-state index in [1.807, 2.05) is 6.07 Å². The van der Waals surface area contributed by atoms with Gasteiger partial charge in [0.25, 0.3) is 0 Å². The van der Waals surface area contributed by atoms with Crippen LogP contribution in [0.4, 0.5) is 5.69 Å². The van der Waals surface area contributed by atoms with E-state index >= 15 is 0 Å². The van der Waals surface area contributed by atoms with Crippen molar-refractivity contribution in [1.29, 1.82) is 0 Å². The molecule has 0 aromatic heterocycles. The number of nitrogens with zero attached hydrogens (tertiary/aromatic N) is 1. The second-order valence-corrected chi connectivity index (χ2v) is 7.42. The molecule has 1 N–H and O–H groups in total. The van der Waals surface area contributed by atoms with Gasteiger partial charge >= 0.3 is 10.4 Å². The van der Waals surface area contributed by atoms with Crippen LogP contribution in [-0.2, 0) is 29.3 Å². The molecule has 1 radical (unpaired) electrons. The van der Waals surface area contributed by atoms with Crippen molar-refractivity contribution in [2.45, 2.75) is 0 Å². The second kappa shape index (κ2) is 7.82. The Hall–Kier alpha value is -1.04. The summed E-state index contributed by atoms with van der Waals surface area (Å²) in [5.41, 5.74) is 0.699. The summed E-state index contributed by atoms with van der Waals surface area (Å²) in [6.07, 6.45) is 0. The quantitative estimate of drug-likeness (QED) is 0.390. The van der Waals surface area contributed by atoms with Crippen molar-refractivity contribution in [3.63, 3.8) is 0 Å². The summed E-state index contributed by atoms with van der Waals surface area (Å²) >= 11 is 0. The van der Waals surface area contributed by atoms with Gasteiger partial charge in [-0.2, -0.15) is 8.42 Å². The van der Waals surface area contributed by atoms with Gasteiger partial charge in [0.2, 0.25) is 5.69 Å². The van der Waals surface area contributed by atoms with Crippen molar-refractivity contribution >= 4 is 25.9 Å². The van der Waals surface area contributed by atoms with E-state index in [2.05, 4.69) is 4.18 Å². The predicted molar refractivity (Wildman–Crippen MR) is 76.3 cm³/mol. The molecule has 0 unspecified atom stereocenters. The van der Waals surface area contributed by atoms with Gasteiger partial charge in [0.1, 0.15) is 12.9 Å². The van der Waals surface area contributed by atoms with Gasteiger partial charge in [-0.1, -0.05) is 18.2 Å². The number of benzene rings is 1. The first kappa shape index (κ1) is 18.0. The Labute approximate surface area is 124 Å². The molecule has 1 aromatic carbocycles. The molecule has 10 heteroatoms. The van der Waals surface area contributed by atoms with E-state index in [4.69, 9.17) is 9.39 Å². The average Bonchev–Trinajstić information content (AvgIpc) is 2.38. The first-order valence-corrected chi connectivity index (χ1v) is 9.11. The monoisotopic (exact) mass is 339 g/mol. The highest BCUT2D eigenvalue weighted by Crippen LogP contribution is 2.12. The van der Waals surface area contributed by atoms with Crippen LogP contribution in [0.15, 0.2) is 30.3 Å². The maximum Gasteiger partial charge on any atom is 0.397 e. The summed E-state index contributed by atoms with van der Waals surface area (Å²) < 4.78 is 56.4.